The fourth-order valence-electron chi connectivity index (χ4n) is 3.51. The molecule has 1 aliphatic rings. The van der Waals surface area contributed by atoms with Crippen molar-refractivity contribution < 1.29 is 9.59 Å². The van der Waals surface area contributed by atoms with Gasteiger partial charge in [-0.1, -0.05) is 36.4 Å². The molecule has 3 rings (SSSR count). The van der Waals surface area contributed by atoms with Gasteiger partial charge in [-0.15, -0.1) is 0 Å². The van der Waals surface area contributed by atoms with Gasteiger partial charge >= 0.3 is 6.03 Å². The van der Waals surface area contributed by atoms with Crippen LogP contribution in [0.4, 0.5) is 10.5 Å². The first kappa shape index (κ1) is 20.9. The van der Waals surface area contributed by atoms with E-state index in [9.17, 15) is 9.59 Å². The van der Waals surface area contributed by atoms with Crippen LogP contribution in [0.15, 0.2) is 54.6 Å². The van der Waals surface area contributed by atoms with E-state index in [0.29, 0.717) is 11.3 Å². The molecule has 0 bridgehead atoms. The number of urea groups is 1. The first-order valence-corrected chi connectivity index (χ1v) is 10.2. The van der Waals surface area contributed by atoms with E-state index in [4.69, 9.17) is 0 Å². The van der Waals surface area contributed by atoms with Crippen LogP contribution in [0.3, 0.4) is 0 Å². The van der Waals surface area contributed by atoms with Gasteiger partial charge < -0.3 is 16.0 Å². The Kier molecular flexibility index (Phi) is 7.25. The van der Waals surface area contributed by atoms with Gasteiger partial charge in [-0.25, -0.2) is 4.79 Å². The summed E-state index contributed by atoms with van der Waals surface area (Å²) in [6.07, 6.45) is 1.88. The summed E-state index contributed by atoms with van der Waals surface area (Å²) in [5, 5.41) is 8.67. The lowest BCUT2D eigenvalue weighted by atomic mass is 10.0. The van der Waals surface area contributed by atoms with Crippen molar-refractivity contribution in [1.82, 2.24) is 15.5 Å². The SMILES string of the molecule is CC(C)NC(=O)Nc1cccc(C(=O)NC2CCN(Cc3ccccc3)CC2)c1. The topological polar surface area (TPSA) is 73.5 Å². The van der Waals surface area contributed by atoms with Crippen LogP contribution in [0.25, 0.3) is 0 Å². The Labute approximate surface area is 172 Å². The zero-order valence-electron chi connectivity index (χ0n) is 17.2. The lowest BCUT2D eigenvalue weighted by molar-refractivity contribution is 0.0909. The van der Waals surface area contributed by atoms with Gasteiger partial charge in [-0.3, -0.25) is 9.69 Å². The third kappa shape index (κ3) is 6.61. The quantitative estimate of drug-likeness (QED) is 0.701. The molecular weight excluding hydrogens is 364 g/mol. The molecule has 0 spiro atoms. The molecule has 1 aliphatic heterocycles. The Morgan fingerprint density at radius 1 is 1.03 bits per heavy atom. The fourth-order valence-corrected chi connectivity index (χ4v) is 3.51. The second-order valence-corrected chi connectivity index (χ2v) is 7.84. The first-order chi connectivity index (χ1) is 14.0. The number of hydrogen-bond donors (Lipinski definition) is 3. The first-order valence-electron chi connectivity index (χ1n) is 10.2. The summed E-state index contributed by atoms with van der Waals surface area (Å²) >= 11 is 0. The molecule has 0 unspecified atom stereocenters. The second-order valence-electron chi connectivity index (χ2n) is 7.84. The van der Waals surface area contributed by atoms with Gasteiger partial charge in [0.2, 0.25) is 0 Å². The number of likely N-dealkylation sites (tertiary alicyclic amines) is 1. The van der Waals surface area contributed by atoms with E-state index in [1.807, 2.05) is 19.9 Å². The van der Waals surface area contributed by atoms with Crippen LogP contribution in [0.1, 0.15) is 42.6 Å². The van der Waals surface area contributed by atoms with E-state index >= 15 is 0 Å². The Morgan fingerprint density at radius 2 is 1.76 bits per heavy atom. The average molecular weight is 395 g/mol. The number of rotatable bonds is 6. The van der Waals surface area contributed by atoms with E-state index in [-0.39, 0.29) is 24.0 Å². The highest BCUT2D eigenvalue weighted by Gasteiger charge is 2.21. The van der Waals surface area contributed by atoms with Crippen molar-refractivity contribution in [3.05, 3.63) is 65.7 Å². The molecule has 3 N–H and O–H groups in total. The van der Waals surface area contributed by atoms with Crippen LogP contribution in [0.2, 0.25) is 0 Å². The number of carbonyl (C=O) groups excluding carboxylic acids is 2. The Hall–Kier alpha value is -2.86. The van der Waals surface area contributed by atoms with Crippen LogP contribution in [0.5, 0.6) is 0 Å². The second kappa shape index (κ2) is 10.1. The maximum atomic E-state index is 12.6. The Morgan fingerprint density at radius 3 is 2.45 bits per heavy atom. The molecule has 3 amide bonds. The average Bonchev–Trinajstić information content (AvgIpc) is 2.70. The maximum absolute atomic E-state index is 12.6. The summed E-state index contributed by atoms with van der Waals surface area (Å²) in [6, 6.07) is 17.5. The third-order valence-electron chi connectivity index (χ3n) is 4.97. The number of nitrogens with zero attached hydrogens (tertiary/aromatic N) is 1. The van der Waals surface area contributed by atoms with Crippen LogP contribution in [-0.4, -0.2) is 42.0 Å². The monoisotopic (exact) mass is 394 g/mol. The molecule has 6 heteroatoms. The number of benzene rings is 2. The Balaban J connectivity index is 1.48. The van der Waals surface area contributed by atoms with Crippen molar-refractivity contribution in [3.8, 4) is 0 Å². The molecule has 6 nitrogen and oxygen atoms in total. The van der Waals surface area contributed by atoms with Gasteiger partial charge in [-0.05, 0) is 50.5 Å². The lowest BCUT2D eigenvalue weighted by Gasteiger charge is -2.32. The summed E-state index contributed by atoms with van der Waals surface area (Å²) in [7, 11) is 0. The van der Waals surface area contributed by atoms with Crippen molar-refractivity contribution in [1.29, 1.82) is 0 Å². The van der Waals surface area contributed by atoms with Crippen LogP contribution in [0, 0.1) is 0 Å². The van der Waals surface area contributed by atoms with Gasteiger partial charge in [-0.2, -0.15) is 0 Å². The molecule has 2 aromatic carbocycles. The summed E-state index contributed by atoms with van der Waals surface area (Å²) in [4.78, 5) is 26.9. The molecular formula is C23H30N4O2. The zero-order chi connectivity index (χ0) is 20.6. The molecule has 0 atom stereocenters. The molecule has 1 saturated heterocycles. The number of nitrogens with one attached hydrogen (secondary N) is 3. The highest BCUT2D eigenvalue weighted by atomic mass is 16.2. The van der Waals surface area contributed by atoms with Gasteiger partial charge in [0.15, 0.2) is 0 Å². The minimum Gasteiger partial charge on any atom is -0.349 e. The number of amides is 3. The highest BCUT2D eigenvalue weighted by molar-refractivity contribution is 5.97. The van der Waals surface area contributed by atoms with Gasteiger partial charge in [0, 0.05) is 43.0 Å². The summed E-state index contributed by atoms with van der Waals surface area (Å²) in [5.74, 6) is -0.0978. The predicted octanol–water partition coefficient (Wildman–Crippen LogP) is 3.61. The normalized spacial score (nSPS) is 15.1. The van der Waals surface area contributed by atoms with Gasteiger partial charge in [0.25, 0.3) is 5.91 Å². The van der Waals surface area contributed by atoms with E-state index in [1.165, 1.54) is 5.56 Å². The van der Waals surface area contributed by atoms with Crippen molar-refractivity contribution in [3.63, 3.8) is 0 Å². The summed E-state index contributed by atoms with van der Waals surface area (Å²) in [5.41, 5.74) is 2.48. The minimum absolute atomic E-state index is 0.0502. The molecule has 154 valence electrons. The van der Waals surface area contributed by atoms with Gasteiger partial charge in [0.05, 0.1) is 0 Å². The van der Waals surface area contributed by atoms with Crippen molar-refractivity contribution in [2.45, 2.75) is 45.3 Å². The predicted molar refractivity (Wildman–Crippen MR) is 116 cm³/mol. The number of anilines is 1. The molecule has 29 heavy (non-hydrogen) atoms. The molecule has 2 aromatic rings. The molecule has 0 aliphatic carbocycles. The van der Waals surface area contributed by atoms with Gasteiger partial charge in [0.1, 0.15) is 0 Å². The summed E-state index contributed by atoms with van der Waals surface area (Å²) < 4.78 is 0. The maximum Gasteiger partial charge on any atom is 0.319 e. The highest BCUT2D eigenvalue weighted by Crippen LogP contribution is 2.16. The summed E-state index contributed by atoms with van der Waals surface area (Å²) in [6.45, 7) is 6.69. The minimum atomic E-state index is -0.275. The van der Waals surface area contributed by atoms with Crippen molar-refractivity contribution in [2.24, 2.45) is 0 Å². The fraction of sp³-hybridized carbons (Fsp3) is 0.391. The molecule has 1 heterocycles. The molecule has 0 saturated carbocycles. The van der Waals surface area contributed by atoms with E-state index < -0.39 is 0 Å². The van der Waals surface area contributed by atoms with Crippen molar-refractivity contribution >= 4 is 17.6 Å². The molecule has 0 aromatic heterocycles. The third-order valence-corrected chi connectivity index (χ3v) is 4.97. The van der Waals surface area contributed by atoms with E-state index in [0.717, 1.165) is 32.5 Å². The zero-order valence-corrected chi connectivity index (χ0v) is 17.2. The largest absolute Gasteiger partial charge is 0.349 e. The number of carbonyl (C=O) groups is 2. The van der Waals surface area contributed by atoms with Crippen LogP contribution < -0.4 is 16.0 Å². The Bertz CT molecular complexity index is 815. The van der Waals surface area contributed by atoms with E-state index in [2.05, 4.69) is 45.1 Å². The number of hydrogen-bond acceptors (Lipinski definition) is 3. The van der Waals surface area contributed by atoms with E-state index in [1.54, 1.807) is 24.3 Å². The smallest absolute Gasteiger partial charge is 0.319 e. The van der Waals surface area contributed by atoms with Crippen molar-refractivity contribution in [2.75, 3.05) is 18.4 Å². The molecule has 0 radical (unpaired) electrons. The molecule has 1 fully saturated rings. The standard InChI is InChI=1S/C23H30N4O2/c1-17(2)24-23(29)26-21-10-6-9-19(15-21)22(28)25-20-11-13-27(14-12-20)16-18-7-4-3-5-8-18/h3-10,15,17,20H,11-14,16H2,1-2H3,(H,25,28)(H2,24,26,29). The van der Waals surface area contributed by atoms with Crippen LogP contribution >= 0.6 is 0 Å². The number of piperidine rings is 1. The lowest BCUT2D eigenvalue weighted by Crippen LogP contribution is -2.44. The van der Waals surface area contributed by atoms with Crippen LogP contribution in [-0.2, 0) is 6.54 Å².